The van der Waals surface area contributed by atoms with E-state index in [4.69, 9.17) is 14.3 Å². The number of benzene rings is 2. The van der Waals surface area contributed by atoms with Crippen LogP contribution in [0, 0.1) is 5.82 Å². The second kappa shape index (κ2) is 9.09. The number of carboxylic acids is 1. The Morgan fingerprint density at radius 3 is 2.63 bits per heavy atom. The smallest absolute Gasteiger partial charge is 0.341 e. The molecule has 1 saturated heterocycles. The van der Waals surface area contributed by atoms with E-state index in [-0.39, 0.29) is 18.5 Å². The lowest BCUT2D eigenvalue weighted by Gasteiger charge is -2.22. The number of hydrogen-bond acceptors (Lipinski definition) is 5. The lowest BCUT2D eigenvalue weighted by Crippen LogP contribution is -2.23. The van der Waals surface area contributed by atoms with E-state index < -0.39 is 5.97 Å². The Balaban J connectivity index is 1.38. The molecule has 1 aliphatic heterocycles. The van der Waals surface area contributed by atoms with Crippen molar-refractivity contribution in [2.45, 2.75) is 31.8 Å². The van der Waals surface area contributed by atoms with Gasteiger partial charge in [-0.15, -0.1) is 0 Å². The lowest BCUT2D eigenvalue weighted by atomic mass is 10.1. The van der Waals surface area contributed by atoms with Gasteiger partial charge in [0.1, 0.15) is 17.3 Å². The van der Waals surface area contributed by atoms with E-state index in [9.17, 15) is 9.18 Å². The maximum absolute atomic E-state index is 13.1. The van der Waals surface area contributed by atoms with Gasteiger partial charge < -0.3 is 14.3 Å². The Labute approximate surface area is 173 Å². The van der Waals surface area contributed by atoms with Crippen LogP contribution in [-0.2, 0) is 17.8 Å². The van der Waals surface area contributed by atoms with Gasteiger partial charge in [0.2, 0.25) is 5.89 Å². The van der Waals surface area contributed by atoms with Crippen LogP contribution in [0.3, 0.4) is 0 Å². The number of halogens is 1. The monoisotopic (exact) mass is 410 g/mol. The highest BCUT2D eigenvalue weighted by Crippen LogP contribution is 2.33. The van der Waals surface area contributed by atoms with E-state index in [1.165, 1.54) is 12.1 Å². The van der Waals surface area contributed by atoms with Crippen molar-refractivity contribution in [1.82, 2.24) is 9.88 Å². The van der Waals surface area contributed by atoms with Crippen LogP contribution in [0.5, 0.6) is 5.75 Å². The number of aromatic nitrogens is 1. The van der Waals surface area contributed by atoms with E-state index >= 15 is 0 Å². The summed E-state index contributed by atoms with van der Waals surface area (Å²) in [6.45, 7) is 1.36. The van der Waals surface area contributed by atoms with Crippen LogP contribution in [0.1, 0.15) is 41.7 Å². The summed E-state index contributed by atoms with van der Waals surface area (Å²) in [6, 6.07) is 14.0. The molecule has 156 valence electrons. The molecule has 0 bridgehead atoms. The number of rotatable bonds is 8. The van der Waals surface area contributed by atoms with Gasteiger partial charge in [-0.25, -0.2) is 14.2 Å². The van der Waals surface area contributed by atoms with Crippen LogP contribution < -0.4 is 4.74 Å². The third-order valence-electron chi connectivity index (χ3n) is 5.18. The summed E-state index contributed by atoms with van der Waals surface area (Å²) in [7, 11) is 0. The molecule has 1 N–H and O–H groups in total. The zero-order valence-corrected chi connectivity index (χ0v) is 16.5. The van der Waals surface area contributed by atoms with Crippen molar-refractivity contribution in [2.24, 2.45) is 0 Å². The molecule has 1 aliphatic rings. The van der Waals surface area contributed by atoms with Crippen molar-refractivity contribution in [3.05, 3.63) is 83.3 Å². The fourth-order valence-corrected chi connectivity index (χ4v) is 3.73. The summed E-state index contributed by atoms with van der Waals surface area (Å²) in [4.78, 5) is 17.4. The van der Waals surface area contributed by atoms with Crippen LogP contribution in [0.2, 0.25) is 0 Å². The molecule has 0 radical (unpaired) electrons. The van der Waals surface area contributed by atoms with Crippen molar-refractivity contribution in [3.8, 4) is 5.75 Å². The molecule has 1 fully saturated rings. The first kappa shape index (κ1) is 20.1. The van der Waals surface area contributed by atoms with Crippen LogP contribution in [0.4, 0.5) is 4.39 Å². The largest absolute Gasteiger partial charge is 0.482 e. The maximum Gasteiger partial charge on any atom is 0.341 e. The fourth-order valence-electron chi connectivity index (χ4n) is 3.73. The summed E-state index contributed by atoms with van der Waals surface area (Å²) >= 11 is 0. The quantitative estimate of drug-likeness (QED) is 0.600. The molecule has 0 spiro atoms. The second-order valence-electron chi connectivity index (χ2n) is 7.42. The molecule has 1 aromatic heterocycles. The van der Waals surface area contributed by atoms with Gasteiger partial charge in [0, 0.05) is 13.0 Å². The summed E-state index contributed by atoms with van der Waals surface area (Å²) in [5, 5.41) is 8.69. The van der Waals surface area contributed by atoms with Gasteiger partial charge in [0.25, 0.3) is 0 Å². The Bertz CT molecular complexity index is 985. The van der Waals surface area contributed by atoms with Crippen LogP contribution in [0.25, 0.3) is 0 Å². The molecule has 0 amide bonds. The topological polar surface area (TPSA) is 75.8 Å². The molecule has 4 rings (SSSR count). The Kier molecular flexibility index (Phi) is 6.09. The number of ether oxygens (including phenoxy) is 1. The van der Waals surface area contributed by atoms with Gasteiger partial charge in [-0.3, -0.25) is 4.90 Å². The molecule has 3 aromatic rings. The minimum absolute atomic E-state index is 0.120. The third kappa shape index (κ3) is 5.04. The highest BCUT2D eigenvalue weighted by atomic mass is 19.1. The molecular formula is C23H23FN2O4. The number of oxazole rings is 1. The van der Waals surface area contributed by atoms with Crippen molar-refractivity contribution >= 4 is 5.97 Å². The molecule has 6 nitrogen and oxygen atoms in total. The van der Waals surface area contributed by atoms with E-state index in [2.05, 4.69) is 9.88 Å². The first-order valence-corrected chi connectivity index (χ1v) is 9.93. The minimum Gasteiger partial charge on any atom is -0.482 e. The van der Waals surface area contributed by atoms with Gasteiger partial charge in [-0.2, -0.15) is 0 Å². The number of carboxylic acid groups (broad SMARTS) is 1. The first-order valence-electron chi connectivity index (χ1n) is 9.93. The van der Waals surface area contributed by atoms with E-state index in [1.54, 1.807) is 30.5 Å². The van der Waals surface area contributed by atoms with Crippen molar-refractivity contribution in [2.75, 3.05) is 13.2 Å². The standard InChI is InChI=1S/C23H23FN2O4/c24-18-7-3-16(4-8-18)12-20-13-25-23(30-20)21-2-1-11-26(21)14-17-5-9-19(10-6-17)29-15-22(27)28/h3-10,13,21H,1-2,11-12,14-15H2,(H,27,28)/t21-/m0/s1. The number of aliphatic carboxylic acids is 1. The van der Waals surface area contributed by atoms with Gasteiger partial charge in [0.15, 0.2) is 6.61 Å². The Hall–Kier alpha value is -3.19. The molecule has 0 unspecified atom stereocenters. The second-order valence-corrected chi connectivity index (χ2v) is 7.42. The van der Waals surface area contributed by atoms with Crippen LogP contribution in [-0.4, -0.2) is 34.1 Å². The lowest BCUT2D eigenvalue weighted by molar-refractivity contribution is -0.139. The zero-order chi connectivity index (χ0) is 20.9. The molecule has 1 atom stereocenters. The van der Waals surface area contributed by atoms with Crippen LogP contribution in [0.15, 0.2) is 59.1 Å². The molecule has 2 heterocycles. The molecule has 0 aliphatic carbocycles. The van der Waals surface area contributed by atoms with Gasteiger partial charge in [-0.1, -0.05) is 24.3 Å². The number of likely N-dealkylation sites (tertiary alicyclic amines) is 1. The average Bonchev–Trinajstić information content (AvgIpc) is 3.38. The summed E-state index contributed by atoms with van der Waals surface area (Å²) in [6.07, 6.45) is 4.39. The number of hydrogen-bond donors (Lipinski definition) is 1. The van der Waals surface area contributed by atoms with Crippen molar-refractivity contribution < 1.29 is 23.4 Å². The van der Waals surface area contributed by atoms with Crippen molar-refractivity contribution in [1.29, 1.82) is 0 Å². The summed E-state index contributed by atoms with van der Waals surface area (Å²) < 4.78 is 24.3. The van der Waals surface area contributed by atoms with E-state index in [0.29, 0.717) is 18.1 Å². The third-order valence-corrected chi connectivity index (χ3v) is 5.18. The van der Waals surface area contributed by atoms with E-state index in [1.807, 2.05) is 12.1 Å². The molecular weight excluding hydrogens is 387 g/mol. The summed E-state index contributed by atoms with van der Waals surface area (Å²) in [5.41, 5.74) is 2.09. The highest BCUT2D eigenvalue weighted by molar-refractivity contribution is 5.68. The highest BCUT2D eigenvalue weighted by Gasteiger charge is 2.29. The molecule has 30 heavy (non-hydrogen) atoms. The molecule has 0 saturated carbocycles. The fraction of sp³-hybridized carbons (Fsp3) is 0.304. The normalized spacial score (nSPS) is 16.6. The van der Waals surface area contributed by atoms with Gasteiger partial charge in [0.05, 0.1) is 12.2 Å². The Morgan fingerprint density at radius 1 is 1.17 bits per heavy atom. The SMILES string of the molecule is O=C(O)COc1ccc(CN2CCC[C@H]2c2ncc(Cc3ccc(F)cc3)o2)cc1. The predicted octanol–water partition coefficient (Wildman–Crippen LogP) is 4.21. The molecule has 2 aromatic carbocycles. The summed E-state index contributed by atoms with van der Waals surface area (Å²) in [5.74, 6) is 0.774. The maximum atomic E-state index is 13.1. The van der Waals surface area contributed by atoms with Gasteiger partial charge in [-0.05, 0) is 54.8 Å². The first-order chi connectivity index (χ1) is 14.6. The van der Waals surface area contributed by atoms with E-state index in [0.717, 1.165) is 42.8 Å². The van der Waals surface area contributed by atoms with Crippen LogP contribution >= 0.6 is 0 Å². The average molecular weight is 410 g/mol. The zero-order valence-electron chi connectivity index (χ0n) is 16.5. The number of nitrogens with zero attached hydrogens (tertiary/aromatic N) is 2. The minimum atomic E-state index is -0.997. The van der Waals surface area contributed by atoms with Gasteiger partial charge >= 0.3 is 5.97 Å². The molecule has 7 heteroatoms. The number of carbonyl (C=O) groups is 1. The van der Waals surface area contributed by atoms with Crippen molar-refractivity contribution in [3.63, 3.8) is 0 Å². The Morgan fingerprint density at radius 2 is 1.90 bits per heavy atom. The predicted molar refractivity (Wildman–Crippen MR) is 108 cm³/mol.